The Kier molecular flexibility index (Phi) is 5.84. The van der Waals surface area contributed by atoms with Crippen molar-refractivity contribution in [1.29, 1.82) is 0 Å². The zero-order chi connectivity index (χ0) is 15.2. The largest absolute Gasteiger partial charge is 0.395 e. The molecule has 0 bridgehead atoms. The monoisotopic (exact) mass is 305 g/mol. The van der Waals surface area contributed by atoms with Gasteiger partial charge in [0.1, 0.15) is 0 Å². The lowest BCUT2D eigenvalue weighted by Gasteiger charge is -2.30. The van der Waals surface area contributed by atoms with E-state index < -0.39 is 0 Å². The molecule has 21 heavy (non-hydrogen) atoms. The molecule has 4 heteroatoms. The van der Waals surface area contributed by atoms with Crippen molar-refractivity contribution in [2.45, 2.75) is 51.5 Å². The summed E-state index contributed by atoms with van der Waals surface area (Å²) in [6.45, 7) is 2.06. The number of aliphatic hydroxyl groups excluding tert-OH is 1. The Hall–Kier alpha value is -1.31. The summed E-state index contributed by atoms with van der Waals surface area (Å²) in [5.74, 6) is 6.08. The van der Waals surface area contributed by atoms with E-state index in [-0.39, 0.29) is 12.5 Å². The molecule has 0 radical (unpaired) electrons. The topological polar surface area (TPSA) is 40.5 Å². The summed E-state index contributed by atoms with van der Waals surface area (Å²) in [5, 5.41) is 8.76. The zero-order valence-corrected chi connectivity index (χ0v) is 13.6. The average molecular weight is 305 g/mol. The number of nitrogens with zero attached hydrogens (tertiary/aromatic N) is 1. The molecular formula is C17H23NO2S. The standard InChI is InChI=1S/C17H23NO2S/c1-13-12-16(21-15(13)10-6-7-11-19)17(20)18(2)14-8-4-3-5-9-14/h12,14,19H,3-5,7-9,11H2,1-2H3. The van der Waals surface area contributed by atoms with E-state index in [1.165, 1.54) is 30.6 Å². The van der Waals surface area contributed by atoms with Crippen molar-refractivity contribution in [1.82, 2.24) is 4.90 Å². The molecule has 0 unspecified atom stereocenters. The minimum atomic E-state index is 0.0770. The highest BCUT2D eigenvalue weighted by atomic mass is 32.1. The molecule has 2 rings (SSSR count). The second kappa shape index (κ2) is 7.63. The summed E-state index contributed by atoms with van der Waals surface area (Å²) in [6.07, 6.45) is 6.46. The van der Waals surface area contributed by atoms with E-state index >= 15 is 0 Å². The first-order valence-electron chi connectivity index (χ1n) is 7.61. The Morgan fingerprint density at radius 1 is 1.43 bits per heavy atom. The first-order chi connectivity index (χ1) is 10.1. The maximum absolute atomic E-state index is 12.6. The van der Waals surface area contributed by atoms with Crippen LogP contribution in [-0.4, -0.2) is 35.6 Å². The van der Waals surface area contributed by atoms with Gasteiger partial charge in [0, 0.05) is 19.5 Å². The van der Waals surface area contributed by atoms with Crippen molar-refractivity contribution in [3.63, 3.8) is 0 Å². The fourth-order valence-corrected chi connectivity index (χ4v) is 3.75. The third-order valence-corrected chi connectivity index (χ3v) is 5.15. The van der Waals surface area contributed by atoms with Crippen LogP contribution in [0.5, 0.6) is 0 Å². The molecule has 0 aliphatic heterocycles. The zero-order valence-electron chi connectivity index (χ0n) is 12.8. The number of carbonyl (C=O) groups is 1. The predicted octanol–water partition coefficient (Wildman–Crippen LogP) is 3.20. The molecule has 114 valence electrons. The van der Waals surface area contributed by atoms with E-state index in [1.54, 1.807) is 0 Å². The molecule has 1 saturated carbocycles. The maximum Gasteiger partial charge on any atom is 0.263 e. The van der Waals surface area contributed by atoms with Gasteiger partial charge in [0.2, 0.25) is 0 Å². The molecule has 1 fully saturated rings. The molecule has 0 spiro atoms. The van der Waals surface area contributed by atoms with Gasteiger partial charge in [-0.1, -0.05) is 31.1 Å². The Morgan fingerprint density at radius 2 is 2.14 bits per heavy atom. The van der Waals surface area contributed by atoms with Crippen molar-refractivity contribution >= 4 is 17.2 Å². The van der Waals surface area contributed by atoms with Gasteiger partial charge in [-0.15, -0.1) is 11.3 Å². The van der Waals surface area contributed by atoms with Gasteiger partial charge in [0.25, 0.3) is 5.91 Å². The molecular weight excluding hydrogens is 282 g/mol. The van der Waals surface area contributed by atoms with Crippen LogP contribution < -0.4 is 0 Å². The molecule has 1 aromatic rings. The number of hydrogen-bond donors (Lipinski definition) is 1. The Morgan fingerprint density at radius 3 is 2.81 bits per heavy atom. The summed E-state index contributed by atoms with van der Waals surface area (Å²) in [5.41, 5.74) is 1.05. The van der Waals surface area contributed by atoms with Crippen molar-refractivity contribution in [2.75, 3.05) is 13.7 Å². The molecule has 0 aromatic carbocycles. The van der Waals surface area contributed by atoms with Gasteiger partial charge in [-0.05, 0) is 31.4 Å². The Labute approximate surface area is 131 Å². The summed E-state index contributed by atoms with van der Waals surface area (Å²) in [7, 11) is 1.92. The summed E-state index contributed by atoms with van der Waals surface area (Å²) >= 11 is 1.46. The molecule has 1 amide bonds. The smallest absolute Gasteiger partial charge is 0.263 e. The van der Waals surface area contributed by atoms with Crippen molar-refractivity contribution < 1.29 is 9.90 Å². The summed E-state index contributed by atoms with van der Waals surface area (Å²) in [6, 6.07) is 2.33. The normalized spacial score (nSPS) is 15.4. The second-order valence-electron chi connectivity index (χ2n) is 5.61. The minimum absolute atomic E-state index is 0.0770. The number of rotatable bonds is 3. The number of aliphatic hydroxyl groups is 1. The van der Waals surface area contributed by atoms with Crippen LogP contribution in [0, 0.1) is 18.8 Å². The number of aryl methyl sites for hydroxylation is 1. The van der Waals surface area contributed by atoms with Crippen LogP contribution in [0.15, 0.2) is 6.07 Å². The molecule has 3 nitrogen and oxygen atoms in total. The fraction of sp³-hybridized carbons (Fsp3) is 0.588. The highest BCUT2D eigenvalue weighted by Gasteiger charge is 2.24. The number of thiophene rings is 1. The van der Waals surface area contributed by atoms with E-state index in [1.807, 2.05) is 24.9 Å². The molecule has 1 aliphatic rings. The van der Waals surface area contributed by atoms with Gasteiger partial charge >= 0.3 is 0 Å². The first-order valence-corrected chi connectivity index (χ1v) is 8.42. The minimum Gasteiger partial charge on any atom is -0.395 e. The quantitative estimate of drug-likeness (QED) is 0.871. The molecule has 1 heterocycles. The van der Waals surface area contributed by atoms with Crippen molar-refractivity contribution in [3.05, 3.63) is 21.4 Å². The Bertz CT molecular complexity index is 547. The highest BCUT2D eigenvalue weighted by molar-refractivity contribution is 7.14. The lowest BCUT2D eigenvalue weighted by molar-refractivity contribution is 0.0701. The summed E-state index contributed by atoms with van der Waals surface area (Å²) in [4.78, 5) is 16.2. The van der Waals surface area contributed by atoms with E-state index in [4.69, 9.17) is 5.11 Å². The van der Waals surface area contributed by atoms with Gasteiger partial charge in [-0.3, -0.25) is 4.79 Å². The summed E-state index contributed by atoms with van der Waals surface area (Å²) < 4.78 is 0. The van der Waals surface area contributed by atoms with E-state index in [2.05, 4.69) is 11.8 Å². The van der Waals surface area contributed by atoms with E-state index in [9.17, 15) is 4.79 Å². The first kappa shape index (κ1) is 16.1. The molecule has 0 atom stereocenters. The Balaban J connectivity index is 2.09. The molecule has 0 saturated heterocycles. The van der Waals surface area contributed by atoms with E-state index in [0.29, 0.717) is 12.5 Å². The predicted molar refractivity (Wildman–Crippen MR) is 86.6 cm³/mol. The van der Waals surface area contributed by atoms with Crippen LogP contribution in [0.1, 0.15) is 58.6 Å². The number of hydrogen-bond acceptors (Lipinski definition) is 3. The van der Waals surface area contributed by atoms with Crippen LogP contribution in [0.2, 0.25) is 0 Å². The fourth-order valence-electron chi connectivity index (χ4n) is 2.72. The SMILES string of the molecule is Cc1cc(C(=O)N(C)C2CCCCC2)sc1C#CCCO. The molecule has 1 N–H and O–H groups in total. The van der Waals surface area contributed by atoms with Crippen LogP contribution in [0.3, 0.4) is 0 Å². The van der Waals surface area contributed by atoms with Crippen molar-refractivity contribution in [3.8, 4) is 11.8 Å². The lowest BCUT2D eigenvalue weighted by atomic mass is 9.94. The maximum atomic E-state index is 12.6. The third kappa shape index (κ3) is 4.09. The van der Waals surface area contributed by atoms with Crippen LogP contribution >= 0.6 is 11.3 Å². The van der Waals surface area contributed by atoms with Gasteiger partial charge in [-0.2, -0.15) is 0 Å². The van der Waals surface area contributed by atoms with Gasteiger partial charge < -0.3 is 10.0 Å². The van der Waals surface area contributed by atoms with Gasteiger partial charge in [0.15, 0.2) is 0 Å². The second-order valence-corrected chi connectivity index (χ2v) is 6.66. The van der Waals surface area contributed by atoms with Gasteiger partial charge in [0.05, 0.1) is 16.4 Å². The molecule has 1 aromatic heterocycles. The van der Waals surface area contributed by atoms with Gasteiger partial charge in [-0.25, -0.2) is 0 Å². The third-order valence-electron chi connectivity index (χ3n) is 4.01. The number of amides is 1. The molecule has 1 aliphatic carbocycles. The number of carbonyl (C=O) groups excluding carboxylic acids is 1. The van der Waals surface area contributed by atoms with Crippen LogP contribution in [0.25, 0.3) is 0 Å². The van der Waals surface area contributed by atoms with E-state index in [0.717, 1.165) is 28.2 Å². The lowest BCUT2D eigenvalue weighted by Crippen LogP contribution is -2.37. The van der Waals surface area contributed by atoms with Crippen LogP contribution in [0.4, 0.5) is 0 Å². The highest BCUT2D eigenvalue weighted by Crippen LogP contribution is 2.26. The van der Waals surface area contributed by atoms with Crippen molar-refractivity contribution in [2.24, 2.45) is 0 Å². The van der Waals surface area contributed by atoms with Crippen LogP contribution in [-0.2, 0) is 0 Å². The average Bonchev–Trinajstić information content (AvgIpc) is 2.88.